The zero-order chi connectivity index (χ0) is 14.6. The fourth-order valence-electron chi connectivity index (χ4n) is 1.65. The molecule has 0 fully saturated rings. The summed E-state index contributed by atoms with van der Waals surface area (Å²) in [7, 11) is -1.63. The molecule has 5 nitrogen and oxygen atoms in total. The van der Waals surface area contributed by atoms with Crippen LogP contribution in [0.3, 0.4) is 0 Å². The Morgan fingerprint density at radius 1 is 1.32 bits per heavy atom. The van der Waals surface area contributed by atoms with Gasteiger partial charge in [-0.3, -0.25) is 0 Å². The zero-order valence-corrected chi connectivity index (χ0v) is 13.0. The molecule has 0 saturated heterocycles. The summed E-state index contributed by atoms with van der Waals surface area (Å²) in [5.74, 6) is 0.193. The van der Waals surface area contributed by atoms with E-state index >= 15 is 0 Å². The average molecular weight is 292 g/mol. The van der Waals surface area contributed by atoms with Crippen molar-refractivity contribution in [3.8, 4) is 0 Å². The van der Waals surface area contributed by atoms with Crippen LogP contribution in [0.5, 0.6) is 0 Å². The van der Waals surface area contributed by atoms with E-state index in [-0.39, 0.29) is 5.75 Å². The lowest BCUT2D eigenvalue weighted by atomic mass is 10.3. The summed E-state index contributed by atoms with van der Waals surface area (Å²) in [6.45, 7) is 8.72. The van der Waals surface area contributed by atoms with Crippen molar-refractivity contribution in [2.75, 3.05) is 45.6 Å². The molecule has 0 aromatic heterocycles. The molecule has 19 heavy (non-hydrogen) atoms. The van der Waals surface area contributed by atoms with Crippen LogP contribution in [0.2, 0.25) is 0 Å². The van der Waals surface area contributed by atoms with Gasteiger partial charge in [-0.15, -0.1) is 6.58 Å². The predicted octanol–water partition coefficient (Wildman–Crippen LogP) is 1.23. The number of sulfonamides is 1. The smallest absolute Gasteiger partial charge is 0.214 e. The van der Waals surface area contributed by atoms with Crippen molar-refractivity contribution in [3.05, 3.63) is 12.7 Å². The maximum Gasteiger partial charge on any atom is 0.214 e. The highest BCUT2D eigenvalue weighted by Crippen LogP contribution is 2.05. The average Bonchev–Trinajstić information content (AvgIpc) is 2.38. The molecule has 0 radical (unpaired) electrons. The Bertz CT molecular complexity index is 318. The maximum absolute atomic E-state index is 12.1. The minimum atomic E-state index is -3.20. The molecule has 0 heterocycles. The zero-order valence-electron chi connectivity index (χ0n) is 12.2. The van der Waals surface area contributed by atoms with E-state index in [9.17, 15) is 8.42 Å². The number of unbranched alkanes of at least 4 members (excludes halogenated alkanes) is 1. The first-order valence-corrected chi connectivity index (χ1v) is 8.47. The van der Waals surface area contributed by atoms with E-state index in [0.29, 0.717) is 26.1 Å². The highest BCUT2D eigenvalue weighted by molar-refractivity contribution is 7.89. The molecular formula is C13H28N2O3S. The van der Waals surface area contributed by atoms with Crippen LogP contribution in [0.15, 0.2) is 12.7 Å². The van der Waals surface area contributed by atoms with Gasteiger partial charge in [-0.1, -0.05) is 13.0 Å². The van der Waals surface area contributed by atoms with Gasteiger partial charge in [-0.05, 0) is 32.4 Å². The quantitative estimate of drug-likeness (QED) is 0.410. The van der Waals surface area contributed by atoms with Crippen molar-refractivity contribution in [2.45, 2.75) is 26.2 Å². The van der Waals surface area contributed by atoms with Crippen LogP contribution in [0.4, 0.5) is 0 Å². The summed E-state index contributed by atoms with van der Waals surface area (Å²) >= 11 is 0. The standard InChI is InChI=1S/C13H28N2O3S/c1-4-8-14-9-6-7-13-19(16,17)15(10-5-2)11-12-18-3/h5,14H,2,4,6-13H2,1,3H3. The molecule has 0 aromatic carbocycles. The van der Waals surface area contributed by atoms with Gasteiger partial charge >= 0.3 is 0 Å². The first-order valence-electron chi connectivity index (χ1n) is 6.86. The van der Waals surface area contributed by atoms with Crippen molar-refractivity contribution < 1.29 is 13.2 Å². The Hall–Kier alpha value is -0.430. The third-order valence-corrected chi connectivity index (χ3v) is 4.63. The Morgan fingerprint density at radius 2 is 2.05 bits per heavy atom. The fraction of sp³-hybridized carbons (Fsp3) is 0.846. The molecule has 0 aromatic rings. The van der Waals surface area contributed by atoms with Crippen molar-refractivity contribution in [3.63, 3.8) is 0 Å². The van der Waals surface area contributed by atoms with E-state index < -0.39 is 10.0 Å². The minimum Gasteiger partial charge on any atom is -0.383 e. The monoisotopic (exact) mass is 292 g/mol. The van der Waals surface area contributed by atoms with Crippen LogP contribution in [-0.2, 0) is 14.8 Å². The largest absolute Gasteiger partial charge is 0.383 e. The molecule has 114 valence electrons. The summed E-state index contributed by atoms with van der Waals surface area (Å²) in [6.07, 6.45) is 4.27. The summed E-state index contributed by atoms with van der Waals surface area (Å²) < 4.78 is 30.6. The third-order valence-electron chi connectivity index (χ3n) is 2.70. The van der Waals surface area contributed by atoms with Crippen LogP contribution in [0.1, 0.15) is 26.2 Å². The van der Waals surface area contributed by atoms with Gasteiger partial charge in [0.15, 0.2) is 0 Å². The number of ether oxygens (including phenoxy) is 1. The molecule has 0 rings (SSSR count). The lowest BCUT2D eigenvalue weighted by Crippen LogP contribution is -2.36. The van der Waals surface area contributed by atoms with Gasteiger partial charge in [-0.2, -0.15) is 4.31 Å². The molecule has 0 bridgehead atoms. The Labute approximate surface area is 118 Å². The van der Waals surface area contributed by atoms with Gasteiger partial charge in [0.2, 0.25) is 10.0 Å². The Kier molecular flexibility index (Phi) is 11.1. The SMILES string of the molecule is C=CCN(CCOC)S(=O)(=O)CCCCNCCC. The summed E-state index contributed by atoms with van der Waals surface area (Å²) in [5, 5.41) is 3.27. The molecule has 0 saturated carbocycles. The number of methoxy groups -OCH3 is 1. The van der Waals surface area contributed by atoms with Gasteiger partial charge in [0.25, 0.3) is 0 Å². The van der Waals surface area contributed by atoms with E-state index in [1.165, 1.54) is 4.31 Å². The lowest BCUT2D eigenvalue weighted by molar-refractivity contribution is 0.182. The molecular weight excluding hydrogens is 264 g/mol. The summed E-state index contributed by atoms with van der Waals surface area (Å²) in [4.78, 5) is 0. The number of nitrogens with one attached hydrogen (secondary N) is 1. The first kappa shape index (κ1) is 18.6. The topological polar surface area (TPSA) is 58.6 Å². The van der Waals surface area contributed by atoms with Gasteiger partial charge in [-0.25, -0.2) is 8.42 Å². The normalized spacial score (nSPS) is 11.9. The van der Waals surface area contributed by atoms with E-state index in [1.807, 2.05) is 0 Å². The number of hydrogen-bond acceptors (Lipinski definition) is 4. The van der Waals surface area contributed by atoms with E-state index in [2.05, 4.69) is 18.8 Å². The molecule has 0 spiro atoms. The molecule has 1 N–H and O–H groups in total. The van der Waals surface area contributed by atoms with Gasteiger partial charge < -0.3 is 10.1 Å². The van der Waals surface area contributed by atoms with E-state index in [1.54, 1.807) is 13.2 Å². The van der Waals surface area contributed by atoms with Crippen LogP contribution in [-0.4, -0.2) is 58.4 Å². The van der Waals surface area contributed by atoms with Crippen LogP contribution in [0.25, 0.3) is 0 Å². The van der Waals surface area contributed by atoms with Crippen LogP contribution in [0, 0.1) is 0 Å². The van der Waals surface area contributed by atoms with Gasteiger partial charge in [0.1, 0.15) is 0 Å². The number of nitrogens with zero attached hydrogens (tertiary/aromatic N) is 1. The Balaban J connectivity index is 4.05. The molecule has 0 aliphatic carbocycles. The molecule has 0 atom stereocenters. The lowest BCUT2D eigenvalue weighted by Gasteiger charge is -2.20. The number of hydrogen-bond donors (Lipinski definition) is 1. The second-order valence-corrected chi connectivity index (χ2v) is 6.50. The van der Waals surface area contributed by atoms with Crippen molar-refractivity contribution >= 4 is 10.0 Å². The first-order chi connectivity index (χ1) is 9.08. The highest BCUT2D eigenvalue weighted by atomic mass is 32.2. The fourth-order valence-corrected chi connectivity index (χ4v) is 3.16. The second kappa shape index (κ2) is 11.4. The van der Waals surface area contributed by atoms with Crippen molar-refractivity contribution in [1.82, 2.24) is 9.62 Å². The summed E-state index contributed by atoms with van der Waals surface area (Å²) in [6, 6.07) is 0. The number of rotatable bonds is 13. The minimum absolute atomic E-state index is 0.193. The molecule has 6 heteroatoms. The third kappa shape index (κ3) is 9.15. The van der Waals surface area contributed by atoms with E-state index in [4.69, 9.17) is 4.74 Å². The van der Waals surface area contributed by atoms with Crippen molar-refractivity contribution in [1.29, 1.82) is 0 Å². The molecule has 0 amide bonds. The van der Waals surface area contributed by atoms with Gasteiger partial charge in [0.05, 0.1) is 12.4 Å². The van der Waals surface area contributed by atoms with E-state index in [0.717, 1.165) is 25.9 Å². The summed E-state index contributed by atoms with van der Waals surface area (Å²) in [5.41, 5.74) is 0. The van der Waals surface area contributed by atoms with Gasteiger partial charge in [0, 0.05) is 20.2 Å². The maximum atomic E-state index is 12.1. The molecule has 0 aliphatic rings. The second-order valence-electron chi connectivity index (χ2n) is 4.41. The Morgan fingerprint density at radius 3 is 2.63 bits per heavy atom. The predicted molar refractivity (Wildman–Crippen MR) is 79.8 cm³/mol. The van der Waals surface area contributed by atoms with Crippen molar-refractivity contribution in [2.24, 2.45) is 0 Å². The van der Waals surface area contributed by atoms with Crippen LogP contribution >= 0.6 is 0 Å². The highest BCUT2D eigenvalue weighted by Gasteiger charge is 2.19. The van der Waals surface area contributed by atoms with Crippen LogP contribution < -0.4 is 5.32 Å². The molecule has 0 aliphatic heterocycles. The molecule has 0 unspecified atom stereocenters.